The molecular formula is C8H13N2O2. The van der Waals surface area contributed by atoms with Gasteiger partial charge in [0.15, 0.2) is 0 Å². The largest absolute Gasteiger partial charge is 0.368 e. The average molecular weight is 169 g/mol. The minimum absolute atomic E-state index is 0.000602. The maximum atomic E-state index is 11.2. The molecular weight excluding hydrogens is 156 g/mol. The Bertz CT molecular complexity index is 203. The summed E-state index contributed by atoms with van der Waals surface area (Å²) < 4.78 is 0. The van der Waals surface area contributed by atoms with Gasteiger partial charge >= 0.3 is 0 Å². The lowest BCUT2D eigenvalue weighted by Crippen LogP contribution is -2.44. The quantitative estimate of drug-likeness (QED) is 0.629. The summed E-state index contributed by atoms with van der Waals surface area (Å²) in [7, 11) is 0. The summed E-state index contributed by atoms with van der Waals surface area (Å²) in [5.41, 5.74) is 5.14. The number of nitrogens with zero attached hydrogens (tertiary/aromatic N) is 1. The van der Waals surface area contributed by atoms with Crippen LogP contribution in [0.1, 0.15) is 19.8 Å². The van der Waals surface area contributed by atoms with E-state index < -0.39 is 11.9 Å². The summed E-state index contributed by atoms with van der Waals surface area (Å²) in [5.74, 6) is -0.415. The van der Waals surface area contributed by atoms with Crippen LogP contribution in [0.3, 0.4) is 0 Å². The van der Waals surface area contributed by atoms with E-state index in [1.165, 1.54) is 4.90 Å². The molecule has 0 aromatic carbocycles. The van der Waals surface area contributed by atoms with Crippen molar-refractivity contribution in [3.63, 3.8) is 0 Å². The molecule has 1 fully saturated rings. The number of hydrogen-bond donors (Lipinski definition) is 1. The van der Waals surface area contributed by atoms with Crippen molar-refractivity contribution in [2.24, 2.45) is 5.73 Å². The molecule has 2 amide bonds. The van der Waals surface area contributed by atoms with Crippen molar-refractivity contribution in [3.05, 3.63) is 6.42 Å². The molecule has 1 rings (SSSR count). The molecule has 0 spiro atoms. The molecule has 1 saturated heterocycles. The lowest BCUT2D eigenvalue weighted by Gasteiger charge is -2.23. The summed E-state index contributed by atoms with van der Waals surface area (Å²) in [6, 6.07) is -0.420. The molecule has 4 heteroatoms. The van der Waals surface area contributed by atoms with Gasteiger partial charge in [0.25, 0.3) is 0 Å². The highest BCUT2D eigenvalue weighted by molar-refractivity contribution is 5.88. The number of hydrogen-bond acceptors (Lipinski definition) is 2. The van der Waals surface area contributed by atoms with Crippen LogP contribution in [-0.2, 0) is 9.59 Å². The number of amides is 2. The zero-order valence-corrected chi connectivity index (χ0v) is 7.12. The minimum Gasteiger partial charge on any atom is -0.368 e. The molecule has 2 N–H and O–H groups in total. The summed E-state index contributed by atoms with van der Waals surface area (Å²) in [4.78, 5) is 23.6. The van der Waals surface area contributed by atoms with Crippen molar-refractivity contribution in [1.29, 1.82) is 0 Å². The van der Waals surface area contributed by atoms with Crippen LogP contribution in [-0.4, -0.2) is 29.3 Å². The van der Waals surface area contributed by atoms with Gasteiger partial charge in [0.1, 0.15) is 6.04 Å². The predicted molar refractivity (Wildman–Crippen MR) is 43.9 cm³/mol. The van der Waals surface area contributed by atoms with Crippen LogP contribution in [0, 0.1) is 6.42 Å². The van der Waals surface area contributed by atoms with E-state index in [0.717, 1.165) is 0 Å². The fraction of sp³-hybridized carbons (Fsp3) is 0.625. The second-order valence-corrected chi connectivity index (χ2v) is 2.87. The zero-order chi connectivity index (χ0) is 9.14. The van der Waals surface area contributed by atoms with Crippen molar-refractivity contribution in [2.75, 3.05) is 6.54 Å². The molecule has 0 aliphatic carbocycles. The fourth-order valence-electron chi connectivity index (χ4n) is 1.42. The lowest BCUT2D eigenvalue weighted by atomic mass is 10.2. The van der Waals surface area contributed by atoms with Gasteiger partial charge in [-0.3, -0.25) is 9.59 Å². The van der Waals surface area contributed by atoms with E-state index in [1.54, 1.807) is 0 Å². The van der Waals surface area contributed by atoms with Gasteiger partial charge in [0.2, 0.25) is 11.8 Å². The second-order valence-electron chi connectivity index (χ2n) is 2.87. The predicted octanol–water partition coefficient (Wildman–Crippen LogP) is -0.313. The van der Waals surface area contributed by atoms with Crippen LogP contribution in [0.4, 0.5) is 0 Å². The SMILES string of the molecule is CCC(C(N)=O)N1C[CH]CC1=O. The van der Waals surface area contributed by atoms with Crippen molar-refractivity contribution < 1.29 is 9.59 Å². The van der Waals surface area contributed by atoms with Gasteiger partial charge in [-0.2, -0.15) is 0 Å². The molecule has 0 aromatic heterocycles. The first-order valence-electron chi connectivity index (χ1n) is 4.07. The number of carbonyl (C=O) groups is 2. The molecule has 0 aromatic rings. The van der Waals surface area contributed by atoms with Crippen molar-refractivity contribution >= 4 is 11.8 Å². The van der Waals surface area contributed by atoms with Crippen LogP contribution in [0.25, 0.3) is 0 Å². The van der Waals surface area contributed by atoms with Crippen molar-refractivity contribution in [1.82, 2.24) is 4.90 Å². The van der Waals surface area contributed by atoms with E-state index >= 15 is 0 Å². The van der Waals surface area contributed by atoms with Gasteiger partial charge in [-0.25, -0.2) is 0 Å². The summed E-state index contributed by atoms with van der Waals surface area (Å²) in [5, 5.41) is 0. The maximum Gasteiger partial charge on any atom is 0.240 e. The third-order valence-corrected chi connectivity index (χ3v) is 2.06. The molecule has 0 saturated carbocycles. The monoisotopic (exact) mass is 169 g/mol. The van der Waals surface area contributed by atoms with Crippen molar-refractivity contribution in [3.8, 4) is 0 Å². The maximum absolute atomic E-state index is 11.2. The third-order valence-electron chi connectivity index (χ3n) is 2.06. The number of rotatable bonds is 3. The van der Waals surface area contributed by atoms with Crippen LogP contribution in [0.15, 0.2) is 0 Å². The Morgan fingerprint density at radius 3 is 2.83 bits per heavy atom. The average Bonchev–Trinajstić information content (AvgIpc) is 2.38. The topological polar surface area (TPSA) is 63.4 Å². The molecule has 1 heterocycles. The standard InChI is InChI=1S/C8H13N2O2/c1-2-6(8(9)12)10-5-3-4-7(10)11/h3,6H,2,4-5H2,1H3,(H2,9,12). The van der Waals surface area contributed by atoms with Gasteiger partial charge < -0.3 is 10.6 Å². The van der Waals surface area contributed by atoms with Gasteiger partial charge in [-0.15, -0.1) is 0 Å². The molecule has 1 aliphatic heterocycles. The Balaban J connectivity index is 2.65. The van der Waals surface area contributed by atoms with E-state index in [4.69, 9.17) is 5.73 Å². The van der Waals surface area contributed by atoms with E-state index in [9.17, 15) is 9.59 Å². The number of nitrogens with two attached hydrogens (primary N) is 1. The smallest absolute Gasteiger partial charge is 0.240 e. The Kier molecular flexibility index (Phi) is 2.68. The first-order valence-corrected chi connectivity index (χ1v) is 4.07. The molecule has 67 valence electrons. The number of likely N-dealkylation sites (tertiary alicyclic amines) is 1. The summed E-state index contributed by atoms with van der Waals surface area (Å²) >= 11 is 0. The van der Waals surface area contributed by atoms with Crippen LogP contribution < -0.4 is 5.73 Å². The molecule has 1 atom stereocenters. The number of primary amides is 1. The van der Waals surface area contributed by atoms with Gasteiger partial charge in [-0.05, 0) is 12.8 Å². The first-order chi connectivity index (χ1) is 5.66. The number of carbonyl (C=O) groups excluding carboxylic acids is 2. The molecule has 1 aliphatic rings. The summed E-state index contributed by atoms with van der Waals surface area (Å²) in [6.45, 7) is 2.40. The normalized spacial score (nSPS) is 19.8. The Labute approximate surface area is 71.7 Å². The molecule has 4 nitrogen and oxygen atoms in total. The third kappa shape index (κ3) is 1.57. The zero-order valence-electron chi connectivity index (χ0n) is 7.12. The highest BCUT2D eigenvalue weighted by Crippen LogP contribution is 2.14. The Morgan fingerprint density at radius 1 is 1.83 bits per heavy atom. The Morgan fingerprint density at radius 2 is 2.50 bits per heavy atom. The highest BCUT2D eigenvalue weighted by Gasteiger charge is 2.29. The van der Waals surface area contributed by atoms with Crippen LogP contribution in [0.2, 0.25) is 0 Å². The molecule has 0 bridgehead atoms. The van der Waals surface area contributed by atoms with Crippen LogP contribution in [0.5, 0.6) is 0 Å². The minimum atomic E-state index is -0.420. The van der Waals surface area contributed by atoms with Gasteiger partial charge in [0, 0.05) is 13.0 Å². The second kappa shape index (κ2) is 3.56. The van der Waals surface area contributed by atoms with E-state index in [0.29, 0.717) is 19.4 Å². The van der Waals surface area contributed by atoms with E-state index in [1.807, 2.05) is 13.3 Å². The molecule has 12 heavy (non-hydrogen) atoms. The lowest BCUT2D eigenvalue weighted by molar-refractivity contribution is -0.136. The summed E-state index contributed by atoms with van der Waals surface area (Å²) in [6.07, 6.45) is 2.88. The highest BCUT2D eigenvalue weighted by atomic mass is 16.2. The molecule has 1 radical (unpaired) electrons. The van der Waals surface area contributed by atoms with Crippen molar-refractivity contribution in [2.45, 2.75) is 25.8 Å². The Hall–Kier alpha value is -1.06. The molecule has 1 unspecified atom stereocenters. The fourth-order valence-corrected chi connectivity index (χ4v) is 1.42. The van der Waals surface area contributed by atoms with E-state index in [2.05, 4.69) is 0 Å². The van der Waals surface area contributed by atoms with Gasteiger partial charge in [0.05, 0.1) is 0 Å². The van der Waals surface area contributed by atoms with E-state index in [-0.39, 0.29) is 5.91 Å². The first kappa shape index (κ1) is 9.03. The van der Waals surface area contributed by atoms with Crippen LogP contribution >= 0.6 is 0 Å². The van der Waals surface area contributed by atoms with Gasteiger partial charge in [-0.1, -0.05) is 6.92 Å².